The summed E-state index contributed by atoms with van der Waals surface area (Å²) in [6.07, 6.45) is 1.38. The Bertz CT molecular complexity index is 1130. The van der Waals surface area contributed by atoms with E-state index in [2.05, 4.69) is 15.5 Å². The molecule has 0 saturated carbocycles. The Morgan fingerprint density at radius 1 is 1.48 bits per heavy atom. The van der Waals surface area contributed by atoms with E-state index in [0.29, 0.717) is 16.4 Å². The number of nitrogen functional groups attached to an aromatic ring is 1. The van der Waals surface area contributed by atoms with Crippen LogP contribution in [0.1, 0.15) is 5.69 Å². The average Bonchev–Trinajstić information content (AvgIpc) is 3.40. The molecule has 3 aliphatic heterocycles. The third-order valence-electron chi connectivity index (χ3n) is 4.74. The summed E-state index contributed by atoms with van der Waals surface area (Å²) in [5.41, 5.74) is 6.28. The fourth-order valence-electron chi connectivity index (χ4n) is 3.28. The molecule has 15 heteroatoms. The van der Waals surface area contributed by atoms with Crippen LogP contribution in [0.2, 0.25) is 0 Å². The van der Waals surface area contributed by atoms with E-state index >= 15 is 0 Å². The highest BCUT2D eigenvalue weighted by atomic mass is 32.2. The number of hydrogen-bond donors (Lipinski definition) is 3. The van der Waals surface area contributed by atoms with Gasteiger partial charge in [0.2, 0.25) is 0 Å². The highest BCUT2D eigenvalue weighted by Crippen LogP contribution is 2.43. The van der Waals surface area contributed by atoms with Crippen LogP contribution in [-0.2, 0) is 28.8 Å². The number of rotatable bonds is 8. The number of cyclic esters (lactones) is 1. The molecule has 174 valence electrons. The Balaban J connectivity index is 1.48. The Kier molecular flexibility index (Phi) is 6.62. The molecule has 1 aromatic heterocycles. The van der Waals surface area contributed by atoms with Gasteiger partial charge in [0.1, 0.15) is 36.5 Å². The minimum atomic E-state index is -1.24. The number of aromatic nitrogens is 1. The van der Waals surface area contributed by atoms with Crippen molar-refractivity contribution < 1.29 is 33.9 Å². The lowest BCUT2D eigenvalue weighted by molar-refractivity contribution is -0.150. The van der Waals surface area contributed by atoms with Gasteiger partial charge in [-0.25, -0.2) is 14.6 Å². The van der Waals surface area contributed by atoms with Gasteiger partial charge in [-0.15, -0.1) is 34.9 Å². The minimum absolute atomic E-state index is 0.122. The van der Waals surface area contributed by atoms with Crippen LogP contribution in [0.3, 0.4) is 0 Å². The van der Waals surface area contributed by atoms with Crippen LogP contribution in [0.4, 0.5) is 5.13 Å². The molecule has 33 heavy (non-hydrogen) atoms. The predicted octanol–water partition coefficient (Wildman–Crippen LogP) is -0.0117. The molecule has 4 rings (SSSR count). The quantitative estimate of drug-likeness (QED) is 0.185. The van der Waals surface area contributed by atoms with E-state index in [0.717, 1.165) is 16.9 Å². The molecule has 0 aromatic carbocycles. The molecule has 1 aromatic rings. The number of nitrogens with two attached hydrogens (primary N) is 1. The first kappa shape index (κ1) is 23.1. The summed E-state index contributed by atoms with van der Waals surface area (Å²) in [5, 5.41) is 17.2. The van der Waals surface area contributed by atoms with E-state index in [1.165, 1.54) is 47.0 Å². The number of aliphatic carboxylic acids is 1. The van der Waals surface area contributed by atoms with E-state index in [1.54, 1.807) is 0 Å². The fraction of sp³-hybridized carbons (Fsp3) is 0.333. The Hall–Kier alpha value is -3.04. The average molecular weight is 512 g/mol. The number of carboxylic acids is 1. The second-order valence-corrected chi connectivity index (χ2v) is 9.90. The lowest BCUT2D eigenvalue weighted by Crippen LogP contribution is -2.71. The highest BCUT2D eigenvalue weighted by Gasteiger charge is 2.54. The molecule has 1 fully saturated rings. The van der Waals surface area contributed by atoms with E-state index in [1.807, 2.05) is 0 Å². The van der Waals surface area contributed by atoms with Crippen LogP contribution in [0.25, 0.3) is 0 Å². The van der Waals surface area contributed by atoms with E-state index in [-0.39, 0.29) is 28.8 Å². The molecule has 2 amide bonds. The number of nitrogens with one attached hydrogen (secondary N) is 1. The molecule has 12 nitrogen and oxygen atoms in total. The Labute approximate surface area is 199 Å². The minimum Gasteiger partial charge on any atom is -0.477 e. The molecule has 1 saturated heterocycles. The van der Waals surface area contributed by atoms with Crippen molar-refractivity contribution in [1.29, 1.82) is 0 Å². The number of amides is 2. The molecule has 0 bridgehead atoms. The third kappa shape index (κ3) is 4.56. The van der Waals surface area contributed by atoms with Gasteiger partial charge in [0.15, 0.2) is 10.8 Å². The molecular weight excluding hydrogens is 494 g/mol. The zero-order chi connectivity index (χ0) is 23.7. The summed E-state index contributed by atoms with van der Waals surface area (Å²) in [6, 6.07) is -0.940. The van der Waals surface area contributed by atoms with Gasteiger partial charge in [0.05, 0.1) is 0 Å². The van der Waals surface area contributed by atoms with Crippen LogP contribution in [0.5, 0.6) is 0 Å². The molecule has 4 N–H and O–H groups in total. The number of esters is 1. The molecule has 4 heterocycles. The highest BCUT2D eigenvalue weighted by molar-refractivity contribution is 8.06. The summed E-state index contributed by atoms with van der Waals surface area (Å²) in [4.78, 5) is 59.1. The van der Waals surface area contributed by atoms with Crippen LogP contribution < -0.4 is 11.1 Å². The van der Waals surface area contributed by atoms with Gasteiger partial charge in [-0.2, -0.15) is 0 Å². The Morgan fingerprint density at radius 2 is 2.27 bits per heavy atom. The normalized spacial score (nSPS) is 22.4. The van der Waals surface area contributed by atoms with E-state index < -0.39 is 35.2 Å². The van der Waals surface area contributed by atoms with Crippen molar-refractivity contribution in [3.05, 3.63) is 33.3 Å². The van der Waals surface area contributed by atoms with Gasteiger partial charge < -0.3 is 25.7 Å². The monoisotopic (exact) mass is 511 g/mol. The number of anilines is 1. The number of ether oxygens (including phenoxy) is 1. The summed E-state index contributed by atoms with van der Waals surface area (Å²) in [5.74, 6) is -2.21. The lowest BCUT2D eigenvalue weighted by atomic mass is 10.0. The van der Waals surface area contributed by atoms with Crippen LogP contribution >= 0.6 is 34.9 Å². The summed E-state index contributed by atoms with van der Waals surface area (Å²) in [6.45, 7) is 0.171. The summed E-state index contributed by atoms with van der Waals surface area (Å²) >= 11 is 3.69. The van der Waals surface area contributed by atoms with Crippen molar-refractivity contribution in [3.8, 4) is 0 Å². The smallest absolute Gasteiger partial charge is 0.353 e. The van der Waals surface area contributed by atoms with Crippen molar-refractivity contribution in [3.63, 3.8) is 0 Å². The van der Waals surface area contributed by atoms with Crippen molar-refractivity contribution in [2.75, 3.05) is 31.0 Å². The first-order valence-electron chi connectivity index (χ1n) is 9.33. The van der Waals surface area contributed by atoms with Crippen molar-refractivity contribution >= 4 is 69.5 Å². The zero-order valence-electron chi connectivity index (χ0n) is 17.0. The lowest BCUT2D eigenvalue weighted by Gasteiger charge is -2.49. The topological polar surface area (TPSA) is 174 Å². The number of fused-ring (bicyclic) bond motifs is 1. The molecule has 2 atom stereocenters. The standard InChI is InChI=1S/C18H17N5O7S3/c1-29-22-11(8-5-33-18(19)20-8)14(25)21-12-15(26)23-13(17(27)28)9(6-32-16(12)23)31-4-7-2-10(24)30-3-7/h2,5,12,16H,3-4,6H2,1H3,(H2,19,20)(H,21,25)(H,27,28)/b22-11-/t12-,16+/m1/s1. The molecular formula is C18H17N5O7S3. The van der Waals surface area contributed by atoms with Crippen LogP contribution in [0, 0.1) is 0 Å². The Morgan fingerprint density at radius 3 is 2.88 bits per heavy atom. The van der Waals surface area contributed by atoms with Crippen LogP contribution in [0.15, 0.2) is 32.8 Å². The van der Waals surface area contributed by atoms with Crippen molar-refractivity contribution in [2.24, 2.45) is 5.16 Å². The number of carboxylic acid groups (broad SMARTS) is 1. The second kappa shape index (κ2) is 9.44. The van der Waals surface area contributed by atoms with Gasteiger partial charge in [-0.3, -0.25) is 14.5 Å². The molecule has 0 radical (unpaired) electrons. The van der Waals surface area contributed by atoms with Gasteiger partial charge in [-0.05, 0) is 5.57 Å². The van der Waals surface area contributed by atoms with Gasteiger partial charge >= 0.3 is 11.9 Å². The first-order chi connectivity index (χ1) is 15.8. The van der Waals surface area contributed by atoms with E-state index in [9.17, 15) is 24.3 Å². The largest absolute Gasteiger partial charge is 0.477 e. The molecule has 0 aliphatic carbocycles. The molecule has 3 aliphatic rings. The second-order valence-electron chi connectivity index (χ2n) is 6.83. The summed E-state index contributed by atoms with van der Waals surface area (Å²) < 4.78 is 4.85. The zero-order valence-corrected chi connectivity index (χ0v) is 19.4. The first-order valence-corrected chi connectivity index (χ1v) is 12.2. The number of β-lactam (4-membered cyclic amide) rings is 1. The third-order valence-corrected chi connectivity index (χ3v) is 8.08. The van der Waals surface area contributed by atoms with Gasteiger partial charge in [-0.1, -0.05) is 5.16 Å². The maximum absolute atomic E-state index is 12.8. The number of nitrogens with zero attached hydrogens (tertiary/aromatic N) is 3. The number of thiazole rings is 1. The van der Waals surface area contributed by atoms with Gasteiger partial charge in [0, 0.05) is 27.9 Å². The number of oxime groups is 1. The summed E-state index contributed by atoms with van der Waals surface area (Å²) in [7, 11) is 1.27. The molecule has 0 spiro atoms. The maximum atomic E-state index is 12.8. The van der Waals surface area contributed by atoms with Crippen molar-refractivity contribution in [1.82, 2.24) is 15.2 Å². The molecule has 0 unspecified atom stereocenters. The SMILES string of the molecule is CO/N=C(\C(=O)N[C@@H]1C(=O)N2C(C(=O)O)=C(SCC3=CC(=O)OC3)CS[C@@H]12)c1csc(N)n1. The van der Waals surface area contributed by atoms with Crippen LogP contribution in [-0.4, -0.2) is 81.1 Å². The van der Waals surface area contributed by atoms with Gasteiger partial charge in [0.25, 0.3) is 11.8 Å². The van der Waals surface area contributed by atoms with Crippen molar-refractivity contribution in [2.45, 2.75) is 11.4 Å². The number of thioether (sulfide) groups is 2. The number of carbonyl (C=O) groups is 4. The maximum Gasteiger partial charge on any atom is 0.353 e. The predicted molar refractivity (Wildman–Crippen MR) is 121 cm³/mol. The number of carbonyl (C=O) groups excluding carboxylic acids is 3. The van der Waals surface area contributed by atoms with E-state index in [4.69, 9.17) is 15.3 Å². The number of hydrogen-bond acceptors (Lipinski definition) is 12. The fourth-order valence-corrected chi connectivity index (χ4v) is 6.41.